The van der Waals surface area contributed by atoms with E-state index >= 15 is 0 Å². The van der Waals surface area contributed by atoms with Crippen LogP contribution in [0.4, 0.5) is 20.2 Å². The number of nitrogens with one attached hydrogen (secondary N) is 2. The molecule has 12 nitrogen and oxygen atoms in total. The van der Waals surface area contributed by atoms with Crippen LogP contribution in [0.5, 0.6) is 0 Å². The summed E-state index contributed by atoms with van der Waals surface area (Å²) in [5, 5.41) is 28.7. The molecule has 4 aromatic rings. The van der Waals surface area contributed by atoms with Crippen LogP contribution in [-0.4, -0.2) is 73.4 Å². The van der Waals surface area contributed by atoms with Gasteiger partial charge in [-0.25, -0.2) is 8.78 Å². The molecule has 0 atom stereocenters. The molecule has 0 amide bonds. The van der Waals surface area contributed by atoms with Crippen LogP contribution in [-0.2, 0) is 32.6 Å². The van der Waals surface area contributed by atoms with E-state index in [4.69, 9.17) is 0 Å². The van der Waals surface area contributed by atoms with Gasteiger partial charge < -0.3 is 49.4 Å². The van der Waals surface area contributed by atoms with Crippen molar-refractivity contribution in [2.45, 2.75) is 26.9 Å². The Morgan fingerprint density at radius 2 is 1.02 bits per heavy atom. The Bertz CT molecular complexity index is 1800. The molecule has 0 unspecified atom stereocenters. The number of aromatic nitrogens is 2. The number of aromatic carboxylic acids is 2. The van der Waals surface area contributed by atoms with E-state index in [1.807, 2.05) is 23.6 Å². The number of anilines is 2. The van der Waals surface area contributed by atoms with Crippen molar-refractivity contribution in [2.75, 3.05) is 62.2 Å². The minimum absolute atomic E-state index is 0. The van der Waals surface area contributed by atoms with E-state index in [1.54, 1.807) is 21.3 Å². The maximum Gasteiger partial charge on any atom is 2.00 e. The minimum Gasteiger partial charge on any atom is -0.545 e. The Morgan fingerprint density at radius 1 is 0.681 bits per heavy atom. The molecular weight excluding hydrogens is 668 g/mol. The molecule has 0 saturated carbocycles. The first-order valence-electron chi connectivity index (χ1n) is 15.1. The number of carbonyl (C=O) groups is 2. The molecule has 0 radical (unpaired) electrons. The number of piperazine rings is 2. The third kappa shape index (κ3) is 7.22. The molecule has 0 aliphatic carbocycles. The number of carboxylic acid groups (broad SMARTS) is 2. The fraction of sp³-hybridized carbons (Fsp3) is 0.375. The Labute approximate surface area is 281 Å². The zero-order chi connectivity index (χ0) is 33.1. The van der Waals surface area contributed by atoms with Gasteiger partial charge in [-0.1, -0.05) is 0 Å². The molecule has 2 aromatic carbocycles. The van der Waals surface area contributed by atoms with Gasteiger partial charge >= 0.3 is 19.5 Å². The van der Waals surface area contributed by atoms with Gasteiger partial charge in [-0.15, -0.1) is 0 Å². The summed E-state index contributed by atoms with van der Waals surface area (Å²) in [5.74, 6) is -4.14. The second-order valence-electron chi connectivity index (χ2n) is 11.0. The number of rotatable bonds is 6. The van der Waals surface area contributed by atoms with E-state index in [0.717, 1.165) is 38.3 Å². The summed E-state index contributed by atoms with van der Waals surface area (Å²) in [6, 6.07) is 5.52. The number of carbonyl (C=O) groups excluding carboxylic acids is 2. The SMILES string of the molecule is CCn1cc(C(=O)[O-])c(=O)c2cc(F)c(N3CCNCC3)cc21.CCn1cc(C(=O)[O-])c(=O)c2cc(F)c(N3CCNCC3)cc21.[Zn+2]. The molecule has 2 aromatic heterocycles. The van der Waals surface area contributed by atoms with Gasteiger partial charge in [-0.3, -0.25) is 9.59 Å². The standard InChI is InChI=1S/2C16H18FN3O3.Zn/c2*1-2-19-9-11(16(22)23)15(21)10-7-12(17)14(8-13(10)19)20-5-3-18-4-6-20;/h2*7-9,18H,2-6H2,1H3,(H,22,23);/q;;+2/p-2. The summed E-state index contributed by atoms with van der Waals surface area (Å²) in [5.41, 5.74) is -0.410. The minimum atomic E-state index is -1.55. The van der Waals surface area contributed by atoms with Gasteiger partial charge in [0, 0.05) is 88.6 Å². The number of benzene rings is 2. The predicted molar refractivity (Wildman–Crippen MR) is 167 cm³/mol. The second-order valence-corrected chi connectivity index (χ2v) is 11.0. The third-order valence-corrected chi connectivity index (χ3v) is 8.33. The summed E-state index contributed by atoms with van der Waals surface area (Å²) in [6.07, 6.45) is 2.53. The molecule has 244 valence electrons. The molecule has 2 aliphatic heterocycles. The van der Waals surface area contributed by atoms with Crippen molar-refractivity contribution >= 4 is 45.1 Å². The van der Waals surface area contributed by atoms with Crippen molar-refractivity contribution in [3.8, 4) is 0 Å². The number of halogens is 2. The van der Waals surface area contributed by atoms with Crippen LogP contribution in [0, 0.1) is 11.6 Å². The van der Waals surface area contributed by atoms with Gasteiger partial charge in [0.15, 0.2) is 10.9 Å². The van der Waals surface area contributed by atoms with Crippen molar-refractivity contribution < 1.29 is 48.1 Å². The zero-order valence-corrected chi connectivity index (χ0v) is 29.2. The molecule has 4 heterocycles. The van der Waals surface area contributed by atoms with Crippen LogP contribution in [0.1, 0.15) is 34.6 Å². The molecular formula is C32H34F2N6O6Zn. The molecule has 0 bridgehead atoms. The van der Waals surface area contributed by atoms with Gasteiger partial charge in [0.2, 0.25) is 0 Å². The topological polar surface area (TPSA) is 155 Å². The van der Waals surface area contributed by atoms with Crippen LogP contribution in [0.25, 0.3) is 21.8 Å². The van der Waals surface area contributed by atoms with Crippen molar-refractivity contribution in [1.29, 1.82) is 0 Å². The summed E-state index contributed by atoms with van der Waals surface area (Å²) in [4.78, 5) is 50.5. The molecule has 2 N–H and O–H groups in total. The number of carboxylic acids is 2. The monoisotopic (exact) mass is 700 g/mol. The normalized spacial score (nSPS) is 14.8. The van der Waals surface area contributed by atoms with Crippen LogP contribution < -0.4 is 41.5 Å². The Kier molecular flexibility index (Phi) is 11.5. The summed E-state index contributed by atoms with van der Waals surface area (Å²) < 4.78 is 32.2. The molecule has 6 rings (SSSR count). The van der Waals surface area contributed by atoms with Crippen molar-refractivity contribution in [3.05, 3.63) is 79.9 Å². The van der Waals surface area contributed by atoms with Crippen molar-refractivity contribution in [2.24, 2.45) is 0 Å². The first-order chi connectivity index (χ1) is 22.0. The number of nitrogens with zero attached hydrogens (tertiary/aromatic N) is 4. The van der Waals surface area contributed by atoms with Gasteiger partial charge in [-0.2, -0.15) is 0 Å². The first kappa shape index (κ1) is 35.7. The fourth-order valence-electron chi connectivity index (χ4n) is 5.91. The summed E-state index contributed by atoms with van der Waals surface area (Å²) in [7, 11) is 0. The van der Waals surface area contributed by atoms with Gasteiger partial charge in [0.05, 0.1) is 45.5 Å². The molecule has 47 heavy (non-hydrogen) atoms. The van der Waals surface area contributed by atoms with Crippen LogP contribution in [0.2, 0.25) is 0 Å². The molecule has 2 saturated heterocycles. The van der Waals surface area contributed by atoms with Crippen LogP contribution in [0.15, 0.2) is 46.2 Å². The largest absolute Gasteiger partial charge is 2.00 e. The quantitative estimate of drug-likeness (QED) is 0.260. The van der Waals surface area contributed by atoms with Gasteiger partial charge in [-0.05, 0) is 38.1 Å². The van der Waals surface area contributed by atoms with E-state index < -0.39 is 45.6 Å². The van der Waals surface area contributed by atoms with Gasteiger partial charge in [0.25, 0.3) is 0 Å². The Balaban J connectivity index is 0.000000208. The fourth-order valence-corrected chi connectivity index (χ4v) is 5.91. The van der Waals surface area contributed by atoms with E-state index in [-0.39, 0.29) is 30.3 Å². The molecule has 2 aliphatic rings. The van der Waals surface area contributed by atoms with Crippen molar-refractivity contribution in [1.82, 2.24) is 19.8 Å². The average molecular weight is 702 g/mol. The predicted octanol–water partition coefficient (Wildman–Crippen LogP) is -0.135. The Morgan fingerprint density at radius 3 is 1.32 bits per heavy atom. The van der Waals surface area contributed by atoms with E-state index in [1.165, 1.54) is 12.4 Å². The Hall–Kier alpha value is -4.20. The number of fused-ring (bicyclic) bond motifs is 2. The summed E-state index contributed by atoms with van der Waals surface area (Å²) in [6.45, 7) is 10.4. The zero-order valence-electron chi connectivity index (χ0n) is 26.2. The van der Waals surface area contributed by atoms with E-state index in [0.29, 0.717) is 61.7 Å². The number of hydrogen-bond acceptors (Lipinski definition) is 10. The maximum absolute atomic E-state index is 14.5. The van der Waals surface area contributed by atoms with Crippen molar-refractivity contribution in [3.63, 3.8) is 0 Å². The molecule has 0 spiro atoms. The van der Waals surface area contributed by atoms with Crippen LogP contribution >= 0.6 is 0 Å². The number of aryl methyl sites for hydroxylation is 2. The summed E-state index contributed by atoms with van der Waals surface area (Å²) >= 11 is 0. The number of pyridine rings is 2. The van der Waals surface area contributed by atoms with Crippen LogP contribution in [0.3, 0.4) is 0 Å². The average Bonchev–Trinajstić information content (AvgIpc) is 3.06. The number of hydrogen-bond donors (Lipinski definition) is 2. The maximum atomic E-state index is 14.5. The van der Waals surface area contributed by atoms with E-state index in [9.17, 15) is 38.2 Å². The first-order valence-corrected chi connectivity index (χ1v) is 15.1. The molecule has 2 fully saturated rings. The smallest absolute Gasteiger partial charge is 0.545 e. The third-order valence-electron chi connectivity index (χ3n) is 8.33. The second kappa shape index (κ2) is 15.1. The van der Waals surface area contributed by atoms with Gasteiger partial charge in [0.1, 0.15) is 11.6 Å². The van der Waals surface area contributed by atoms with E-state index in [2.05, 4.69) is 10.6 Å². The molecule has 15 heteroatoms.